The molecule has 0 aromatic heterocycles. The van der Waals surface area contributed by atoms with E-state index < -0.39 is 0 Å². The van der Waals surface area contributed by atoms with Crippen molar-refractivity contribution >= 4 is 11.9 Å². The van der Waals surface area contributed by atoms with Gasteiger partial charge in [-0.2, -0.15) is 0 Å². The molecule has 2 rings (SSSR count). The van der Waals surface area contributed by atoms with Crippen molar-refractivity contribution in [2.24, 2.45) is 0 Å². The van der Waals surface area contributed by atoms with Crippen LogP contribution in [0.4, 0.5) is 4.79 Å². The zero-order chi connectivity index (χ0) is 19.3. The molecule has 1 fully saturated rings. The Morgan fingerprint density at radius 2 is 1.69 bits per heavy atom. The van der Waals surface area contributed by atoms with Crippen LogP contribution in [0.25, 0.3) is 0 Å². The number of benzene rings is 1. The van der Waals surface area contributed by atoms with Crippen LogP contribution in [0.2, 0.25) is 0 Å². The van der Waals surface area contributed by atoms with E-state index in [1.165, 1.54) is 0 Å². The average Bonchev–Trinajstić information content (AvgIpc) is 2.81. The van der Waals surface area contributed by atoms with Crippen LogP contribution in [-0.4, -0.2) is 60.1 Å². The van der Waals surface area contributed by atoms with Crippen LogP contribution in [0.15, 0.2) is 18.2 Å². The minimum atomic E-state index is -0.0552. The van der Waals surface area contributed by atoms with E-state index in [1.54, 1.807) is 4.90 Å². The lowest BCUT2D eigenvalue weighted by atomic mass is 10.1. The van der Waals surface area contributed by atoms with E-state index in [0.717, 1.165) is 17.7 Å². The van der Waals surface area contributed by atoms with Crippen LogP contribution >= 0.6 is 0 Å². The predicted octanol–water partition coefficient (Wildman–Crippen LogP) is 3.05. The highest BCUT2D eigenvalue weighted by Crippen LogP contribution is 2.21. The third kappa shape index (κ3) is 5.38. The van der Waals surface area contributed by atoms with Crippen molar-refractivity contribution < 1.29 is 14.3 Å². The zero-order valence-electron chi connectivity index (χ0n) is 16.5. The molecule has 1 aliphatic heterocycles. The van der Waals surface area contributed by atoms with Crippen LogP contribution < -0.4 is 10.1 Å². The Hall–Kier alpha value is -2.24. The molecular weight excluding hydrogens is 330 g/mol. The second kappa shape index (κ2) is 8.92. The summed E-state index contributed by atoms with van der Waals surface area (Å²) in [7, 11) is 0. The van der Waals surface area contributed by atoms with Gasteiger partial charge in [-0.1, -0.05) is 0 Å². The van der Waals surface area contributed by atoms with Crippen LogP contribution in [0.1, 0.15) is 50.0 Å². The number of carbonyl (C=O) groups excluding carboxylic acids is 2. The van der Waals surface area contributed by atoms with E-state index in [1.807, 2.05) is 57.7 Å². The van der Waals surface area contributed by atoms with Gasteiger partial charge in [-0.05, 0) is 64.8 Å². The second-order valence-corrected chi connectivity index (χ2v) is 7.38. The van der Waals surface area contributed by atoms with E-state index in [9.17, 15) is 9.59 Å². The van der Waals surface area contributed by atoms with Crippen molar-refractivity contribution in [1.29, 1.82) is 0 Å². The van der Waals surface area contributed by atoms with E-state index in [4.69, 9.17) is 4.74 Å². The van der Waals surface area contributed by atoms with Gasteiger partial charge in [0.2, 0.25) is 0 Å². The molecule has 0 unspecified atom stereocenters. The topological polar surface area (TPSA) is 61.9 Å². The quantitative estimate of drug-likeness (QED) is 0.897. The molecular formula is C20H31N3O3. The standard InChI is InChI=1S/C20H31N3O3/c1-14(2)21-20(25)23-10-6-9-22(11-12-23)19(24)17-7-8-18(16(5)13-17)26-15(3)4/h7-8,13-15H,6,9-12H2,1-5H3,(H,21,25). The Labute approximate surface area is 156 Å². The summed E-state index contributed by atoms with van der Waals surface area (Å²) in [4.78, 5) is 28.7. The van der Waals surface area contributed by atoms with Crippen molar-refractivity contribution in [3.8, 4) is 5.75 Å². The lowest BCUT2D eigenvalue weighted by molar-refractivity contribution is 0.0762. The minimum Gasteiger partial charge on any atom is -0.491 e. The number of carbonyl (C=O) groups is 2. The molecule has 1 aromatic rings. The van der Waals surface area contributed by atoms with Crippen LogP contribution in [-0.2, 0) is 0 Å². The molecule has 3 amide bonds. The first-order chi connectivity index (χ1) is 12.3. The van der Waals surface area contributed by atoms with E-state index in [-0.39, 0.29) is 24.1 Å². The Morgan fingerprint density at radius 3 is 2.31 bits per heavy atom. The van der Waals surface area contributed by atoms with Gasteiger partial charge in [0.25, 0.3) is 5.91 Å². The zero-order valence-corrected chi connectivity index (χ0v) is 16.5. The largest absolute Gasteiger partial charge is 0.491 e. The van der Waals surface area contributed by atoms with Crippen LogP contribution in [0.5, 0.6) is 5.75 Å². The summed E-state index contributed by atoms with van der Waals surface area (Å²) in [5.74, 6) is 0.819. The summed E-state index contributed by atoms with van der Waals surface area (Å²) in [6, 6.07) is 5.62. The molecule has 0 spiro atoms. The van der Waals surface area contributed by atoms with Gasteiger partial charge in [-0.25, -0.2) is 4.79 Å². The number of amides is 3. The summed E-state index contributed by atoms with van der Waals surface area (Å²) >= 11 is 0. The van der Waals surface area contributed by atoms with Gasteiger partial charge < -0.3 is 19.9 Å². The molecule has 1 N–H and O–H groups in total. The molecule has 0 saturated carbocycles. The molecule has 26 heavy (non-hydrogen) atoms. The molecule has 1 heterocycles. The number of ether oxygens (including phenoxy) is 1. The molecule has 6 nitrogen and oxygen atoms in total. The summed E-state index contributed by atoms with van der Waals surface area (Å²) in [6.07, 6.45) is 0.883. The molecule has 144 valence electrons. The van der Waals surface area contributed by atoms with Gasteiger partial charge in [0.1, 0.15) is 5.75 Å². The molecule has 0 aliphatic carbocycles. The SMILES string of the molecule is Cc1cc(C(=O)N2CCCN(C(=O)NC(C)C)CC2)ccc1OC(C)C. The first kappa shape index (κ1) is 20.1. The Bertz CT molecular complexity index is 643. The molecule has 0 bridgehead atoms. The average molecular weight is 361 g/mol. The van der Waals surface area contributed by atoms with Crippen LogP contribution in [0, 0.1) is 6.92 Å². The summed E-state index contributed by atoms with van der Waals surface area (Å²) < 4.78 is 5.74. The molecule has 1 aliphatic rings. The number of hydrogen-bond acceptors (Lipinski definition) is 3. The fourth-order valence-electron chi connectivity index (χ4n) is 3.01. The van der Waals surface area contributed by atoms with Crippen LogP contribution in [0.3, 0.4) is 0 Å². The maximum Gasteiger partial charge on any atom is 0.317 e. The Kier molecular flexibility index (Phi) is 6.89. The number of hydrogen-bond donors (Lipinski definition) is 1. The fourth-order valence-corrected chi connectivity index (χ4v) is 3.01. The normalized spacial score (nSPS) is 15.2. The van der Waals surface area contributed by atoms with E-state index in [2.05, 4.69) is 5.32 Å². The molecule has 6 heteroatoms. The number of urea groups is 1. The first-order valence-electron chi connectivity index (χ1n) is 9.40. The first-order valence-corrected chi connectivity index (χ1v) is 9.40. The smallest absolute Gasteiger partial charge is 0.317 e. The third-order valence-corrected chi connectivity index (χ3v) is 4.27. The lowest BCUT2D eigenvalue weighted by Crippen LogP contribution is -2.44. The summed E-state index contributed by atoms with van der Waals surface area (Å²) in [5, 5.41) is 2.91. The number of nitrogens with one attached hydrogen (secondary N) is 1. The fraction of sp³-hybridized carbons (Fsp3) is 0.600. The van der Waals surface area contributed by atoms with Gasteiger partial charge in [-0.15, -0.1) is 0 Å². The van der Waals surface area contributed by atoms with E-state index in [0.29, 0.717) is 31.7 Å². The van der Waals surface area contributed by atoms with Crippen molar-refractivity contribution in [3.63, 3.8) is 0 Å². The highest BCUT2D eigenvalue weighted by molar-refractivity contribution is 5.94. The van der Waals surface area contributed by atoms with Gasteiger partial charge in [0.15, 0.2) is 0 Å². The third-order valence-electron chi connectivity index (χ3n) is 4.27. The number of aryl methyl sites for hydroxylation is 1. The van der Waals surface area contributed by atoms with Crippen molar-refractivity contribution in [1.82, 2.24) is 15.1 Å². The molecule has 1 aromatic carbocycles. The van der Waals surface area contributed by atoms with Gasteiger partial charge >= 0.3 is 6.03 Å². The lowest BCUT2D eigenvalue weighted by Gasteiger charge is -2.23. The maximum atomic E-state index is 12.9. The number of nitrogens with zero attached hydrogens (tertiary/aromatic N) is 2. The molecule has 1 saturated heterocycles. The predicted molar refractivity (Wildman–Crippen MR) is 103 cm³/mol. The Morgan fingerprint density at radius 1 is 1.04 bits per heavy atom. The highest BCUT2D eigenvalue weighted by atomic mass is 16.5. The summed E-state index contributed by atoms with van der Waals surface area (Å²) in [5.41, 5.74) is 1.62. The Balaban J connectivity index is 2.01. The van der Waals surface area contributed by atoms with Gasteiger partial charge in [-0.3, -0.25) is 4.79 Å². The maximum absolute atomic E-state index is 12.9. The second-order valence-electron chi connectivity index (χ2n) is 7.38. The number of rotatable bonds is 4. The monoisotopic (exact) mass is 361 g/mol. The van der Waals surface area contributed by atoms with Crippen molar-refractivity contribution in [3.05, 3.63) is 29.3 Å². The minimum absolute atomic E-state index is 0.00955. The van der Waals surface area contributed by atoms with E-state index >= 15 is 0 Å². The van der Waals surface area contributed by atoms with Crippen molar-refractivity contribution in [2.75, 3.05) is 26.2 Å². The van der Waals surface area contributed by atoms with Gasteiger partial charge in [0, 0.05) is 37.8 Å². The van der Waals surface area contributed by atoms with Crippen molar-refractivity contribution in [2.45, 2.75) is 53.2 Å². The highest BCUT2D eigenvalue weighted by Gasteiger charge is 2.23. The summed E-state index contributed by atoms with van der Waals surface area (Å²) in [6.45, 7) is 12.2. The molecule has 0 radical (unpaired) electrons. The molecule has 0 atom stereocenters. The van der Waals surface area contributed by atoms with Gasteiger partial charge in [0.05, 0.1) is 6.10 Å².